The average Bonchev–Trinajstić information content (AvgIpc) is 2.49. The Labute approximate surface area is 145 Å². The van der Waals surface area contributed by atoms with Crippen LogP contribution in [0.2, 0.25) is 0 Å². The number of nitrogens with one attached hydrogen (secondary N) is 1. The zero-order chi connectivity index (χ0) is 18.7. The van der Waals surface area contributed by atoms with Gasteiger partial charge < -0.3 is 5.32 Å². The Hall–Kier alpha value is -2.76. The number of anilines is 2. The lowest BCUT2D eigenvalue weighted by atomic mass is 10.1. The second-order valence-corrected chi connectivity index (χ2v) is 6.00. The summed E-state index contributed by atoms with van der Waals surface area (Å²) < 4.78 is 27.9. The molecule has 0 aliphatic carbocycles. The van der Waals surface area contributed by atoms with Gasteiger partial charge in [-0.2, -0.15) is 0 Å². The highest BCUT2D eigenvalue weighted by Gasteiger charge is 2.23. The predicted molar refractivity (Wildman–Crippen MR) is 93.7 cm³/mol. The molecule has 25 heavy (non-hydrogen) atoms. The Morgan fingerprint density at radius 1 is 1.04 bits per heavy atom. The maximum atomic E-state index is 13.9. The molecular weight excluding hydrogens is 326 g/mol. The molecule has 2 aromatic carbocycles. The molecule has 0 radical (unpaired) electrons. The number of carbonyl (C=O) groups is 2. The van der Waals surface area contributed by atoms with Gasteiger partial charge in [0.15, 0.2) is 0 Å². The van der Waals surface area contributed by atoms with E-state index in [1.54, 1.807) is 0 Å². The molecule has 4 nitrogen and oxygen atoms in total. The van der Waals surface area contributed by atoms with Crippen molar-refractivity contribution >= 4 is 23.2 Å². The topological polar surface area (TPSA) is 49.4 Å². The Bertz CT molecular complexity index is 791. The molecule has 1 N–H and O–H groups in total. The number of aryl methyl sites for hydroxylation is 3. The third-order valence-corrected chi connectivity index (χ3v) is 3.83. The summed E-state index contributed by atoms with van der Waals surface area (Å²) in [6.07, 6.45) is 0. The summed E-state index contributed by atoms with van der Waals surface area (Å²) in [7, 11) is 0. The standard InChI is InChI=1S/C19H20F2N2O2/c1-11-8-12(2)18(13(3)9-11)22-17(25)10-23(14(4)24)19-15(20)6-5-7-16(19)21/h5-9H,10H2,1-4H3,(H,22,25). The summed E-state index contributed by atoms with van der Waals surface area (Å²) >= 11 is 0. The Morgan fingerprint density at radius 3 is 2.04 bits per heavy atom. The van der Waals surface area contributed by atoms with Crippen molar-refractivity contribution in [2.75, 3.05) is 16.8 Å². The van der Waals surface area contributed by atoms with Gasteiger partial charge >= 0.3 is 0 Å². The minimum Gasteiger partial charge on any atom is -0.324 e. The molecule has 0 heterocycles. The van der Waals surface area contributed by atoms with Crippen LogP contribution in [0.15, 0.2) is 30.3 Å². The Kier molecular flexibility index (Phi) is 5.51. The highest BCUT2D eigenvalue weighted by atomic mass is 19.1. The van der Waals surface area contributed by atoms with Crippen LogP contribution in [0.1, 0.15) is 23.6 Å². The molecule has 0 aromatic heterocycles. The van der Waals surface area contributed by atoms with Crippen LogP contribution in [0.4, 0.5) is 20.2 Å². The molecule has 0 bridgehead atoms. The van der Waals surface area contributed by atoms with Crippen LogP contribution >= 0.6 is 0 Å². The van der Waals surface area contributed by atoms with Gasteiger partial charge in [0.1, 0.15) is 23.9 Å². The third kappa shape index (κ3) is 4.21. The first kappa shape index (κ1) is 18.6. The fraction of sp³-hybridized carbons (Fsp3) is 0.263. The fourth-order valence-corrected chi connectivity index (χ4v) is 2.79. The van der Waals surface area contributed by atoms with E-state index < -0.39 is 35.7 Å². The van der Waals surface area contributed by atoms with Crippen molar-refractivity contribution in [3.63, 3.8) is 0 Å². The van der Waals surface area contributed by atoms with Gasteiger partial charge in [0, 0.05) is 12.6 Å². The van der Waals surface area contributed by atoms with Crippen LogP contribution < -0.4 is 10.2 Å². The number of rotatable bonds is 4. The molecular formula is C19H20F2N2O2. The van der Waals surface area contributed by atoms with E-state index in [4.69, 9.17) is 0 Å². The summed E-state index contributed by atoms with van der Waals surface area (Å²) in [6, 6.07) is 7.12. The van der Waals surface area contributed by atoms with Crippen LogP contribution in [-0.2, 0) is 9.59 Å². The number of benzene rings is 2. The first-order valence-corrected chi connectivity index (χ1v) is 7.80. The molecule has 0 atom stereocenters. The summed E-state index contributed by atoms with van der Waals surface area (Å²) in [4.78, 5) is 25.0. The van der Waals surface area contributed by atoms with E-state index in [0.717, 1.165) is 40.6 Å². The third-order valence-electron chi connectivity index (χ3n) is 3.83. The molecule has 132 valence electrons. The van der Waals surface area contributed by atoms with Crippen molar-refractivity contribution in [2.45, 2.75) is 27.7 Å². The molecule has 0 unspecified atom stereocenters. The van der Waals surface area contributed by atoms with Gasteiger partial charge in [-0.3, -0.25) is 14.5 Å². The summed E-state index contributed by atoms with van der Waals surface area (Å²) in [5.41, 5.74) is 2.91. The van der Waals surface area contributed by atoms with Gasteiger partial charge in [-0.1, -0.05) is 23.8 Å². The fourth-order valence-electron chi connectivity index (χ4n) is 2.79. The lowest BCUT2D eigenvalue weighted by molar-refractivity contribution is -0.120. The average molecular weight is 346 g/mol. The monoisotopic (exact) mass is 346 g/mol. The molecule has 0 spiro atoms. The Balaban J connectivity index is 2.27. The number of amides is 2. The smallest absolute Gasteiger partial charge is 0.244 e. The number of para-hydroxylation sites is 1. The van der Waals surface area contributed by atoms with Gasteiger partial charge in [0.2, 0.25) is 11.8 Å². The van der Waals surface area contributed by atoms with Crippen LogP contribution in [-0.4, -0.2) is 18.4 Å². The number of carbonyl (C=O) groups excluding carboxylic acids is 2. The van der Waals surface area contributed by atoms with Gasteiger partial charge in [-0.05, 0) is 44.0 Å². The predicted octanol–water partition coefficient (Wildman–Crippen LogP) is 3.88. The van der Waals surface area contributed by atoms with Gasteiger partial charge in [-0.15, -0.1) is 0 Å². The van der Waals surface area contributed by atoms with Crippen LogP contribution in [0.5, 0.6) is 0 Å². The summed E-state index contributed by atoms with van der Waals surface area (Å²) in [5.74, 6) is -2.96. The maximum absolute atomic E-state index is 13.9. The number of hydrogen-bond donors (Lipinski definition) is 1. The molecule has 0 fully saturated rings. The number of halogens is 2. The minimum absolute atomic E-state index is 0.486. The highest BCUT2D eigenvalue weighted by molar-refractivity contribution is 6.02. The van der Waals surface area contributed by atoms with Crippen molar-refractivity contribution in [3.05, 3.63) is 58.7 Å². The van der Waals surface area contributed by atoms with Crippen molar-refractivity contribution in [3.8, 4) is 0 Å². The quantitative estimate of drug-likeness (QED) is 0.913. The number of nitrogens with zero attached hydrogens (tertiary/aromatic N) is 1. The van der Waals surface area contributed by atoms with E-state index in [1.807, 2.05) is 32.9 Å². The molecule has 2 rings (SSSR count). The first-order chi connectivity index (χ1) is 11.7. The van der Waals surface area contributed by atoms with E-state index in [1.165, 1.54) is 6.07 Å². The van der Waals surface area contributed by atoms with Gasteiger partial charge in [0.25, 0.3) is 0 Å². The lowest BCUT2D eigenvalue weighted by Crippen LogP contribution is -2.38. The van der Waals surface area contributed by atoms with Crippen LogP contribution in [0, 0.1) is 32.4 Å². The zero-order valence-corrected chi connectivity index (χ0v) is 14.6. The molecule has 0 aliphatic rings. The van der Waals surface area contributed by atoms with Crippen molar-refractivity contribution in [2.24, 2.45) is 0 Å². The summed E-state index contributed by atoms with van der Waals surface area (Å²) in [5, 5.41) is 2.72. The zero-order valence-electron chi connectivity index (χ0n) is 14.6. The van der Waals surface area contributed by atoms with Crippen molar-refractivity contribution < 1.29 is 18.4 Å². The van der Waals surface area contributed by atoms with E-state index >= 15 is 0 Å². The molecule has 0 saturated carbocycles. The highest BCUT2D eigenvalue weighted by Crippen LogP contribution is 2.25. The molecule has 6 heteroatoms. The molecule has 0 aliphatic heterocycles. The van der Waals surface area contributed by atoms with Crippen molar-refractivity contribution in [1.29, 1.82) is 0 Å². The normalized spacial score (nSPS) is 10.5. The summed E-state index contributed by atoms with van der Waals surface area (Å²) in [6.45, 7) is 6.33. The van der Waals surface area contributed by atoms with Gasteiger partial charge in [0.05, 0.1) is 0 Å². The molecule has 0 saturated heterocycles. The second kappa shape index (κ2) is 7.42. The largest absolute Gasteiger partial charge is 0.324 e. The molecule has 2 aromatic rings. The van der Waals surface area contributed by atoms with E-state index in [0.29, 0.717) is 5.69 Å². The maximum Gasteiger partial charge on any atom is 0.244 e. The molecule has 2 amide bonds. The van der Waals surface area contributed by atoms with E-state index in [9.17, 15) is 18.4 Å². The lowest BCUT2D eigenvalue weighted by Gasteiger charge is -2.22. The van der Waals surface area contributed by atoms with Crippen LogP contribution in [0.25, 0.3) is 0 Å². The van der Waals surface area contributed by atoms with Crippen LogP contribution in [0.3, 0.4) is 0 Å². The Morgan fingerprint density at radius 2 is 1.56 bits per heavy atom. The van der Waals surface area contributed by atoms with E-state index in [2.05, 4.69) is 5.32 Å². The minimum atomic E-state index is -0.898. The van der Waals surface area contributed by atoms with Crippen molar-refractivity contribution in [1.82, 2.24) is 0 Å². The van der Waals surface area contributed by atoms with E-state index in [-0.39, 0.29) is 0 Å². The second-order valence-electron chi connectivity index (χ2n) is 6.00. The van der Waals surface area contributed by atoms with Gasteiger partial charge in [-0.25, -0.2) is 8.78 Å². The first-order valence-electron chi connectivity index (χ1n) is 7.80. The SMILES string of the molecule is CC(=O)N(CC(=O)Nc1c(C)cc(C)cc1C)c1c(F)cccc1F. The number of hydrogen-bond acceptors (Lipinski definition) is 2.